The van der Waals surface area contributed by atoms with Gasteiger partial charge in [0.15, 0.2) is 11.5 Å². The summed E-state index contributed by atoms with van der Waals surface area (Å²) in [6, 6.07) is 17.4. The maximum atomic E-state index is 13.6. The molecule has 0 bridgehead atoms. The molecule has 0 saturated heterocycles. The minimum absolute atomic E-state index is 0.0451. The highest BCUT2D eigenvalue weighted by molar-refractivity contribution is 6.10. The highest BCUT2D eigenvalue weighted by atomic mass is 19.1. The number of rotatable bonds is 10. The summed E-state index contributed by atoms with van der Waals surface area (Å²) in [6.45, 7) is 10.1. The van der Waals surface area contributed by atoms with E-state index in [1.54, 1.807) is 30.3 Å². The van der Waals surface area contributed by atoms with Gasteiger partial charge in [-0.3, -0.25) is 4.79 Å². The molecule has 184 valence electrons. The lowest BCUT2D eigenvalue weighted by atomic mass is 10.0. The Kier molecular flexibility index (Phi) is 9.01. The lowest BCUT2D eigenvalue weighted by Crippen LogP contribution is -2.14. The molecule has 0 radical (unpaired) electrons. The zero-order valence-electron chi connectivity index (χ0n) is 20.7. The number of nitrogens with one attached hydrogen (secondary N) is 1. The second-order valence-corrected chi connectivity index (χ2v) is 8.22. The third-order valence-electron chi connectivity index (χ3n) is 5.62. The van der Waals surface area contributed by atoms with E-state index in [0.717, 1.165) is 16.7 Å². The van der Waals surface area contributed by atoms with Crippen molar-refractivity contribution in [3.63, 3.8) is 0 Å². The number of hydrogen-bond donors (Lipinski definition) is 1. The normalized spacial score (nSPS) is 10.9. The van der Waals surface area contributed by atoms with Gasteiger partial charge in [0.1, 0.15) is 24.1 Å². The van der Waals surface area contributed by atoms with E-state index in [1.807, 2.05) is 45.0 Å². The molecule has 0 atom stereocenters. The van der Waals surface area contributed by atoms with Crippen molar-refractivity contribution in [3.05, 3.63) is 106 Å². The van der Waals surface area contributed by atoms with Gasteiger partial charge in [-0.25, -0.2) is 4.39 Å². The SMILES string of the molecule is C=CCc1cc(/C=C(\C#N)C(=O)Nc2cccc(C)c2C)cc(OCC)c1OCc1cccc(F)c1. The molecule has 3 aromatic carbocycles. The van der Waals surface area contributed by atoms with Crippen LogP contribution in [-0.4, -0.2) is 12.5 Å². The Hall–Kier alpha value is -4.37. The molecule has 1 N–H and O–H groups in total. The summed E-state index contributed by atoms with van der Waals surface area (Å²) in [4.78, 5) is 12.9. The van der Waals surface area contributed by atoms with Crippen molar-refractivity contribution >= 4 is 17.7 Å². The Morgan fingerprint density at radius 1 is 1.14 bits per heavy atom. The van der Waals surface area contributed by atoms with Crippen molar-refractivity contribution in [1.82, 2.24) is 0 Å². The summed E-state index contributed by atoms with van der Waals surface area (Å²) in [5, 5.41) is 12.5. The second kappa shape index (κ2) is 12.4. The second-order valence-electron chi connectivity index (χ2n) is 8.22. The molecule has 6 heteroatoms. The van der Waals surface area contributed by atoms with E-state index in [4.69, 9.17) is 9.47 Å². The standard InChI is InChI=1S/C30H29FN2O3/c1-5-9-24-14-23(15-25(18-32)30(34)33-27-13-7-10-20(3)21(27)4)17-28(35-6-2)29(24)36-19-22-11-8-12-26(31)16-22/h5,7-8,10-17H,1,6,9,19H2,2-4H3,(H,33,34)/b25-15+. The molecular weight excluding hydrogens is 455 g/mol. The number of nitriles is 1. The molecule has 0 saturated carbocycles. The smallest absolute Gasteiger partial charge is 0.266 e. The Morgan fingerprint density at radius 2 is 1.92 bits per heavy atom. The van der Waals surface area contributed by atoms with Gasteiger partial charge in [-0.05, 0) is 85.9 Å². The van der Waals surface area contributed by atoms with Gasteiger partial charge in [-0.1, -0.05) is 30.3 Å². The van der Waals surface area contributed by atoms with Gasteiger partial charge in [0.25, 0.3) is 5.91 Å². The maximum Gasteiger partial charge on any atom is 0.266 e. The van der Waals surface area contributed by atoms with E-state index in [9.17, 15) is 14.4 Å². The minimum atomic E-state index is -0.499. The summed E-state index contributed by atoms with van der Waals surface area (Å²) >= 11 is 0. The van der Waals surface area contributed by atoms with Gasteiger partial charge in [-0.15, -0.1) is 6.58 Å². The number of halogens is 1. The zero-order valence-corrected chi connectivity index (χ0v) is 20.7. The number of allylic oxidation sites excluding steroid dienone is 1. The van der Waals surface area contributed by atoms with Crippen LogP contribution < -0.4 is 14.8 Å². The first-order chi connectivity index (χ1) is 17.4. The van der Waals surface area contributed by atoms with Crippen LogP contribution in [0, 0.1) is 31.0 Å². The third-order valence-corrected chi connectivity index (χ3v) is 5.62. The molecule has 0 fully saturated rings. The van der Waals surface area contributed by atoms with Crippen molar-refractivity contribution in [3.8, 4) is 17.6 Å². The maximum absolute atomic E-state index is 13.6. The highest BCUT2D eigenvalue weighted by Gasteiger charge is 2.16. The number of hydrogen-bond acceptors (Lipinski definition) is 4. The van der Waals surface area contributed by atoms with Crippen LogP contribution >= 0.6 is 0 Å². The van der Waals surface area contributed by atoms with Crippen molar-refractivity contribution in [2.75, 3.05) is 11.9 Å². The summed E-state index contributed by atoms with van der Waals surface area (Å²) < 4.78 is 25.5. The Morgan fingerprint density at radius 3 is 2.61 bits per heavy atom. The van der Waals surface area contributed by atoms with E-state index in [1.165, 1.54) is 18.2 Å². The molecule has 0 spiro atoms. The van der Waals surface area contributed by atoms with Crippen LogP contribution in [0.1, 0.15) is 34.7 Å². The molecule has 0 aliphatic rings. The number of anilines is 1. The third kappa shape index (κ3) is 6.61. The summed E-state index contributed by atoms with van der Waals surface area (Å²) in [5.41, 5.74) is 4.66. The van der Waals surface area contributed by atoms with Gasteiger partial charge in [-0.2, -0.15) is 5.26 Å². The Labute approximate surface area is 211 Å². The molecule has 1 amide bonds. The number of nitrogens with zero attached hydrogens (tertiary/aromatic N) is 1. The molecule has 0 aromatic heterocycles. The molecule has 5 nitrogen and oxygen atoms in total. The van der Waals surface area contributed by atoms with Gasteiger partial charge in [0.05, 0.1) is 6.61 Å². The first-order valence-electron chi connectivity index (χ1n) is 11.6. The lowest BCUT2D eigenvalue weighted by molar-refractivity contribution is -0.112. The molecule has 0 heterocycles. The van der Waals surface area contributed by atoms with Crippen molar-refractivity contribution in [2.45, 2.75) is 33.8 Å². The molecule has 3 aromatic rings. The van der Waals surface area contributed by atoms with Crippen LogP contribution in [0.5, 0.6) is 11.5 Å². The van der Waals surface area contributed by atoms with Crippen LogP contribution in [0.15, 0.2) is 72.8 Å². The van der Waals surface area contributed by atoms with Gasteiger partial charge in [0, 0.05) is 11.3 Å². The Bertz CT molecular complexity index is 1340. The van der Waals surface area contributed by atoms with E-state index in [-0.39, 0.29) is 18.0 Å². The first kappa shape index (κ1) is 26.2. The summed E-state index contributed by atoms with van der Waals surface area (Å²) in [5.74, 6) is 0.139. The number of carbonyl (C=O) groups excluding carboxylic acids is 1. The fraction of sp³-hybridized carbons (Fsp3) is 0.200. The van der Waals surface area contributed by atoms with Crippen LogP contribution in [0.25, 0.3) is 6.08 Å². The number of aryl methyl sites for hydroxylation is 1. The summed E-state index contributed by atoms with van der Waals surface area (Å²) in [7, 11) is 0. The van der Waals surface area contributed by atoms with Crippen LogP contribution in [0.4, 0.5) is 10.1 Å². The zero-order chi connectivity index (χ0) is 26.1. The summed E-state index contributed by atoms with van der Waals surface area (Å²) in [6.07, 6.45) is 3.72. The van der Waals surface area contributed by atoms with Crippen molar-refractivity contribution in [2.24, 2.45) is 0 Å². The number of benzene rings is 3. The molecule has 0 unspecified atom stereocenters. The van der Waals surface area contributed by atoms with E-state index < -0.39 is 5.91 Å². The molecule has 3 rings (SSSR count). The predicted molar refractivity (Wildman–Crippen MR) is 140 cm³/mol. The van der Waals surface area contributed by atoms with E-state index in [2.05, 4.69) is 11.9 Å². The molecule has 0 aliphatic heterocycles. The van der Waals surface area contributed by atoms with Crippen molar-refractivity contribution < 1.29 is 18.7 Å². The fourth-order valence-corrected chi connectivity index (χ4v) is 3.67. The quantitative estimate of drug-likeness (QED) is 0.198. The van der Waals surface area contributed by atoms with E-state index in [0.29, 0.717) is 41.3 Å². The number of amides is 1. The van der Waals surface area contributed by atoms with Crippen LogP contribution in [-0.2, 0) is 17.8 Å². The van der Waals surface area contributed by atoms with Gasteiger partial charge < -0.3 is 14.8 Å². The van der Waals surface area contributed by atoms with Gasteiger partial charge >= 0.3 is 0 Å². The van der Waals surface area contributed by atoms with Gasteiger partial charge in [0.2, 0.25) is 0 Å². The first-order valence-corrected chi connectivity index (χ1v) is 11.6. The highest BCUT2D eigenvalue weighted by Crippen LogP contribution is 2.35. The predicted octanol–water partition coefficient (Wildman–Crippen LogP) is 6.69. The fourth-order valence-electron chi connectivity index (χ4n) is 3.67. The lowest BCUT2D eigenvalue weighted by Gasteiger charge is -2.17. The van der Waals surface area contributed by atoms with Crippen molar-refractivity contribution in [1.29, 1.82) is 5.26 Å². The monoisotopic (exact) mass is 484 g/mol. The molecular formula is C30H29FN2O3. The largest absolute Gasteiger partial charge is 0.490 e. The molecule has 36 heavy (non-hydrogen) atoms. The number of carbonyl (C=O) groups is 1. The van der Waals surface area contributed by atoms with Crippen LogP contribution in [0.3, 0.4) is 0 Å². The van der Waals surface area contributed by atoms with Crippen LogP contribution in [0.2, 0.25) is 0 Å². The molecule has 0 aliphatic carbocycles. The number of ether oxygens (including phenoxy) is 2. The minimum Gasteiger partial charge on any atom is -0.490 e. The Balaban J connectivity index is 1.94. The average molecular weight is 485 g/mol. The van der Waals surface area contributed by atoms with E-state index >= 15 is 0 Å². The average Bonchev–Trinajstić information content (AvgIpc) is 2.85. The topological polar surface area (TPSA) is 71.4 Å².